The summed E-state index contributed by atoms with van der Waals surface area (Å²) in [5.41, 5.74) is 1.06. The Kier molecular flexibility index (Phi) is 8.06. The second-order valence-electron chi connectivity index (χ2n) is 5.36. The molecule has 0 saturated heterocycles. The highest BCUT2D eigenvalue weighted by atomic mass is 32.2. The van der Waals surface area contributed by atoms with Crippen LogP contribution in [0.4, 0.5) is 11.5 Å². The highest BCUT2D eigenvalue weighted by molar-refractivity contribution is 7.98. The molecule has 0 bridgehead atoms. The number of esters is 2. The summed E-state index contributed by atoms with van der Waals surface area (Å²) in [5, 5.41) is 0.523. The lowest BCUT2D eigenvalue weighted by Gasteiger charge is -2.25. The van der Waals surface area contributed by atoms with Crippen molar-refractivity contribution in [2.75, 3.05) is 30.9 Å². The van der Waals surface area contributed by atoms with Crippen LogP contribution >= 0.6 is 11.8 Å². The van der Waals surface area contributed by atoms with Crippen LogP contribution in [0, 0.1) is 0 Å². The van der Waals surface area contributed by atoms with Gasteiger partial charge >= 0.3 is 11.9 Å². The zero-order chi connectivity index (χ0) is 19.6. The Labute approximate surface area is 163 Å². The molecule has 0 spiro atoms. The molecule has 0 saturated carbocycles. The summed E-state index contributed by atoms with van der Waals surface area (Å²) in [6, 6.07) is 9.44. The summed E-state index contributed by atoms with van der Waals surface area (Å²) in [6.07, 6.45) is 3.48. The maximum absolute atomic E-state index is 12.4. The first-order chi connectivity index (χ1) is 13.1. The number of benzene rings is 1. The molecule has 7 nitrogen and oxygen atoms in total. The predicted octanol–water partition coefficient (Wildman–Crippen LogP) is 3.47. The van der Waals surface area contributed by atoms with Crippen molar-refractivity contribution in [3.8, 4) is 0 Å². The van der Waals surface area contributed by atoms with E-state index < -0.39 is 5.97 Å². The molecule has 0 amide bonds. The van der Waals surface area contributed by atoms with E-state index in [9.17, 15) is 9.59 Å². The SMILES string of the molecule is CCOC(=O)CCN(c1ccccc1)c1nc(SC)ncc1C(=O)OCC. The van der Waals surface area contributed by atoms with Gasteiger partial charge in [0.15, 0.2) is 11.0 Å². The number of ether oxygens (including phenoxy) is 2. The molecule has 0 aliphatic heterocycles. The molecule has 0 N–H and O–H groups in total. The van der Waals surface area contributed by atoms with Crippen LogP contribution in [0.25, 0.3) is 0 Å². The van der Waals surface area contributed by atoms with Crippen LogP contribution in [0.15, 0.2) is 41.7 Å². The van der Waals surface area contributed by atoms with Gasteiger partial charge in [-0.2, -0.15) is 0 Å². The second-order valence-corrected chi connectivity index (χ2v) is 6.13. The van der Waals surface area contributed by atoms with Gasteiger partial charge < -0.3 is 14.4 Å². The lowest BCUT2D eigenvalue weighted by Crippen LogP contribution is -2.25. The monoisotopic (exact) mass is 389 g/mol. The number of hydrogen-bond acceptors (Lipinski definition) is 8. The van der Waals surface area contributed by atoms with Gasteiger partial charge in [0.2, 0.25) is 0 Å². The number of carbonyl (C=O) groups is 2. The van der Waals surface area contributed by atoms with Gasteiger partial charge in [0.1, 0.15) is 5.56 Å². The van der Waals surface area contributed by atoms with Gasteiger partial charge in [-0.15, -0.1) is 0 Å². The van der Waals surface area contributed by atoms with Crippen molar-refractivity contribution in [2.24, 2.45) is 0 Å². The van der Waals surface area contributed by atoms with Gasteiger partial charge in [-0.05, 0) is 32.2 Å². The average molecular weight is 389 g/mol. The third kappa shape index (κ3) is 5.68. The van der Waals surface area contributed by atoms with Gasteiger partial charge in [0.25, 0.3) is 0 Å². The Hall–Kier alpha value is -2.61. The zero-order valence-corrected chi connectivity index (χ0v) is 16.5. The first-order valence-corrected chi connectivity index (χ1v) is 9.89. The maximum atomic E-state index is 12.4. The normalized spacial score (nSPS) is 10.3. The smallest absolute Gasteiger partial charge is 0.343 e. The van der Waals surface area contributed by atoms with Gasteiger partial charge in [0.05, 0.1) is 19.6 Å². The van der Waals surface area contributed by atoms with E-state index in [1.165, 1.54) is 18.0 Å². The molecule has 1 aromatic heterocycles. The molecule has 0 aliphatic rings. The van der Waals surface area contributed by atoms with Crippen LogP contribution < -0.4 is 4.90 Å². The fraction of sp³-hybridized carbons (Fsp3) is 0.368. The van der Waals surface area contributed by atoms with Crippen LogP contribution in [0.2, 0.25) is 0 Å². The summed E-state index contributed by atoms with van der Waals surface area (Å²) >= 11 is 1.37. The fourth-order valence-electron chi connectivity index (χ4n) is 2.42. The number of hydrogen-bond donors (Lipinski definition) is 0. The quantitative estimate of drug-likeness (QED) is 0.366. The maximum Gasteiger partial charge on any atom is 0.343 e. The summed E-state index contributed by atoms with van der Waals surface area (Å²) in [7, 11) is 0. The number of aromatic nitrogens is 2. The summed E-state index contributed by atoms with van der Waals surface area (Å²) in [4.78, 5) is 34.8. The van der Waals surface area contributed by atoms with Crippen molar-refractivity contribution in [3.05, 3.63) is 42.1 Å². The number of nitrogens with zero attached hydrogens (tertiary/aromatic N) is 3. The largest absolute Gasteiger partial charge is 0.466 e. The molecular formula is C19H23N3O4S. The summed E-state index contributed by atoms with van der Waals surface area (Å²) in [6.45, 7) is 4.38. The molecule has 0 aliphatic carbocycles. The van der Waals surface area contributed by atoms with E-state index in [1.807, 2.05) is 41.5 Å². The Morgan fingerprint density at radius 3 is 2.44 bits per heavy atom. The molecule has 0 radical (unpaired) electrons. The number of anilines is 2. The van der Waals surface area contributed by atoms with Crippen molar-refractivity contribution >= 4 is 35.2 Å². The minimum Gasteiger partial charge on any atom is -0.466 e. The molecule has 1 aromatic carbocycles. The Balaban J connectivity index is 2.46. The number of thioether (sulfide) groups is 1. The van der Waals surface area contributed by atoms with Crippen molar-refractivity contribution in [2.45, 2.75) is 25.4 Å². The number of para-hydroxylation sites is 1. The minimum atomic E-state index is -0.503. The minimum absolute atomic E-state index is 0.156. The summed E-state index contributed by atoms with van der Waals surface area (Å²) in [5.74, 6) is -0.407. The van der Waals surface area contributed by atoms with Crippen molar-refractivity contribution in [1.29, 1.82) is 0 Å². The Morgan fingerprint density at radius 2 is 1.81 bits per heavy atom. The molecular weight excluding hydrogens is 366 g/mol. The number of carbonyl (C=O) groups excluding carboxylic acids is 2. The second kappa shape index (κ2) is 10.5. The molecule has 8 heteroatoms. The third-order valence-corrected chi connectivity index (χ3v) is 4.15. The van der Waals surface area contributed by atoms with Gasteiger partial charge in [-0.3, -0.25) is 4.79 Å². The van der Waals surface area contributed by atoms with Gasteiger partial charge in [-0.25, -0.2) is 14.8 Å². The highest BCUT2D eigenvalue weighted by Gasteiger charge is 2.23. The molecule has 0 unspecified atom stereocenters. The lowest BCUT2D eigenvalue weighted by atomic mass is 10.2. The highest BCUT2D eigenvalue weighted by Crippen LogP contribution is 2.29. The van der Waals surface area contributed by atoms with Crippen LogP contribution in [-0.4, -0.2) is 47.9 Å². The van der Waals surface area contributed by atoms with Crippen molar-refractivity contribution < 1.29 is 19.1 Å². The van der Waals surface area contributed by atoms with Gasteiger partial charge in [0, 0.05) is 18.4 Å². The Bertz CT molecular complexity index is 771. The summed E-state index contributed by atoms with van der Waals surface area (Å²) < 4.78 is 10.2. The van der Waals surface area contributed by atoms with Crippen molar-refractivity contribution in [1.82, 2.24) is 9.97 Å². The Morgan fingerprint density at radius 1 is 1.11 bits per heavy atom. The standard InChI is InChI=1S/C19H23N3O4S/c1-4-25-16(23)11-12-22(14-9-7-6-8-10-14)17-15(18(24)26-5-2)13-20-19(21-17)27-3/h6-10,13H,4-5,11-12H2,1-3H3. The van der Waals surface area contributed by atoms with E-state index in [1.54, 1.807) is 13.8 Å². The van der Waals surface area contributed by atoms with E-state index >= 15 is 0 Å². The van der Waals surface area contributed by atoms with E-state index in [0.717, 1.165) is 5.69 Å². The van der Waals surface area contributed by atoms with E-state index in [4.69, 9.17) is 9.47 Å². The topological polar surface area (TPSA) is 81.6 Å². The molecule has 2 aromatic rings. The molecule has 27 heavy (non-hydrogen) atoms. The molecule has 2 rings (SSSR count). The first-order valence-electron chi connectivity index (χ1n) is 8.67. The van der Waals surface area contributed by atoms with Crippen LogP contribution in [-0.2, 0) is 14.3 Å². The van der Waals surface area contributed by atoms with Crippen LogP contribution in [0.3, 0.4) is 0 Å². The van der Waals surface area contributed by atoms with Crippen LogP contribution in [0.1, 0.15) is 30.6 Å². The first kappa shape index (κ1) is 20.7. The molecule has 1 heterocycles. The van der Waals surface area contributed by atoms with Crippen molar-refractivity contribution in [3.63, 3.8) is 0 Å². The van der Waals surface area contributed by atoms with E-state index in [-0.39, 0.29) is 24.6 Å². The lowest BCUT2D eigenvalue weighted by molar-refractivity contribution is -0.142. The van der Waals surface area contributed by atoms with E-state index in [0.29, 0.717) is 24.1 Å². The zero-order valence-electron chi connectivity index (χ0n) is 15.7. The molecule has 144 valence electrons. The molecule has 0 atom stereocenters. The molecule has 0 fully saturated rings. The third-order valence-electron chi connectivity index (χ3n) is 3.59. The fourth-order valence-corrected chi connectivity index (χ4v) is 2.75. The van der Waals surface area contributed by atoms with Crippen LogP contribution in [0.5, 0.6) is 0 Å². The van der Waals surface area contributed by atoms with Gasteiger partial charge in [-0.1, -0.05) is 30.0 Å². The average Bonchev–Trinajstić information content (AvgIpc) is 2.69. The van der Waals surface area contributed by atoms with E-state index in [2.05, 4.69) is 9.97 Å². The predicted molar refractivity (Wildman–Crippen MR) is 104 cm³/mol. The number of rotatable bonds is 9.